The van der Waals surface area contributed by atoms with Crippen molar-refractivity contribution in [3.8, 4) is 5.75 Å². The summed E-state index contributed by atoms with van der Waals surface area (Å²) in [6.45, 7) is 0.602. The minimum Gasteiger partial charge on any atom is -0.490 e. The molecule has 88 valence electrons. The Morgan fingerprint density at radius 3 is 2.75 bits per heavy atom. The standard InChI is InChI=1S/C10H10ClFO4/c1-10(15,9(13)14)5-16-6-2-3-7(11)8(12)4-6/h2-4,15H,5H2,1H3,(H,13,14). The zero-order chi connectivity index (χ0) is 12.3. The van der Waals surface area contributed by atoms with Crippen LogP contribution in [0.1, 0.15) is 6.92 Å². The molecule has 0 heterocycles. The quantitative estimate of drug-likeness (QED) is 0.851. The smallest absolute Gasteiger partial charge is 0.339 e. The van der Waals surface area contributed by atoms with Crippen molar-refractivity contribution >= 4 is 17.6 Å². The Hall–Kier alpha value is -1.33. The zero-order valence-corrected chi connectivity index (χ0v) is 9.16. The van der Waals surface area contributed by atoms with E-state index >= 15 is 0 Å². The number of halogens is 2. The van der Waals surface area contributed by atoms with E-state index in [1.165, 1.54) is 12.1 Å². The van der Waals surface area contributed by atoms with E-state index in [0.717, 1.165) is 13.0 Å². The van der Waals surface area contributed by atoms with Crippen LogP contribution in [0, 0.1) is 5.82 Å². The van der Waals surface area contributed by atoms with E-state index in [-0.39, 0.29) is 10.8 Å². The molecule has 0 aliphatic heterocycles. The highest BCUT2D eigenvalue weighted by molar-refractivity contribution is 6.30. The Bertz CT molecular complexity index is 406. The molecule has 0 fully saturated rings. The lowest BCUT2D eigenvalue weighted by molar-refractivity contribution is -0.159. The summed E-state index contributed by atoms with van der Waals surface area (Å²) < 4.78 is 17.9. The van der Waals surface area contributed by atoms with Crippen LogP contribution in [0.25, 0.3) is 0 Å². The molecule has 0 amide bonds. The minimum atomic E-state index is -2.02. The maximum Gasteiger partial charge on any atom is 0.339 e. The van der Waals surface area contributed by atoms with Gasteiger partial charge in [0, 0.05) is 6.07 Å². The number of carboxylic acids is 1. The number of carboxylic acid groups (broad SMARTS) is 1. The van der Waals surface area contributed by atoms with Crippen molar-refractivity contribution in [1.29, 1.82) is 0 Å². The summed E-state index contributed by atoms with van der Waals surface area (Å²) in [6, 6.07) is 3.67. The SMILES string of the molecule is CC(O)(COc1ccc(Cl)c(F)c1)C(=O)O. The predicted molar refractivity (Wildman–Crippen MR) is 55.2 cm³/mol. The van der Waals surface area contributed by atoms with E-state index in [1.54, 1.807) is 0 Å². The molecule has 0 aromatic heterocycles. The van der Waals surface area contributed by atoms with Crippen molar-refractivity contribution in [2.45, 2.75) is 12.5 Å². The number of aliphatic hydroxyl groups is 1. The van der Waals surface area contributed by atoms with Crippen LogP contribution < -0.4 is 4.74 Å². The lowest BCUT2D eigenvalue weighted by Gasteiger charge is -2.18. The molecular weight excluding hydrogens is 239 g/mol. The summed E-state index contributed by atoms with van der Waals surface area (Å²) >= 11 is 5.45. The minimum absolute atomic E-state index is 0.0580. The summed E-state index contributed by atoms with van der Waals surface area (Å²) in [5.74, 6) is -1.99. The van der Waals surface area contributed by atoms with Gasteiger partial charge in [0.05, 0.1) is 5.02 Å². The average molecular weight is 249 g/mol. The first-order valence-electron chi connectivity index (χ1n) is 4.36. The van der Waals surface area contributed by atoms with Gasteiger partial charge in [0.1, 0.15) is 18.2 Å². The molecule has 0 aliphatic rings. The van der Waals surface area contributed by atoms with Crippen molar-refractivity contribution in [2.75, 3.05) is 6.61 Å². The second kappa shape index (κ2) is 4.67. The molecular formula is C10H10ClFO4. The van der Waals surface area contributed by atoms with Gasteiger partial charge in [-0.2, -0.15) is 0 Å². The maximum absolute atomic E-state index is 13.0. The van der Waals surface area contributed by atoms with E-state index in [1.807, 2.05) is 0 Å². The fourth-order valence-corrected chi connectivity index (χ4v) is 0.970. The van der Waals surface area contributed by atoms with Crippen molar-refractivity contribution in [3.63, 3.8) is 0 Å². The first-order chi connectivity index (χ1) is 7.33. The van der Waals surface area contributed by atoms with Crippen LogP contribution in [-0.2, 0) is 4.79 Å². The largest absolute Gasteiger partial charge is 0.490 e. The molecule has 6 heteroatoms. The number of carbonyl (C=O) groups is 1. The number of aliphatic carboxylic acids is 1. The van der Waals surface area contributed by atoms with Crippen LogP contribution in [0.4, 0.5) is 4.39 Å². The molecule has 1 rings (SSSR count). The molecule has 0 saturated carbocycles. The highest BCUT2D eigenvalue weighted by atomic mass is 35.5. The molecule has 16 heavy (non-hydrogen) atoms. The first-order valence-corrected chi connectivity index (χ1v) is 4.74. The fourth-order valence-electron chi connectivity index (χ4n) is 0.852. The van der Waals surface area contributed by atoms with Gasteiger partial charge in [-0.25, -0.2) is 9.18 Å². The van der Waals surface area contributed by atoms with Gasteiger partial charge in [0.2, 0.25) is 0 Å². The third-order valence-corrected chi connectivity index (χ3v) is 2.18. The van der Waals surface area contributed by atoms with E-state index in [4.69, 9.17) is 21.4 Å². The topological polar surface area (TPSA) is 66.8 Å². The van der Waals surface area contributed by atoms with Crippen molar-refractivity contribution in [2.24, 2.45) is 0 Å². The number of benzene rings is 1. The summed E-state index contributed by atoms with van der Waals surface area (Å²) in [6.07, 6.45) is 0. The second-order valence-corrected chi connectivity index (χ2v) is 3.85. The summed E-state index contributed by atoms with van der Waals surface area (Å²) in [5.41, 5.74) is -2.02. The normalized spacial score (nSPS) is 14.2. The molecule has 1 atom stereocenters. The van der Waals surface area contributed by atoms with Crippen LogP contribution in [0.5, 0.6) is 5.75 Å². The van der Waals surface area contributed by atoms with Crippen molar-refractivity contribution in [3.05, 3.63) is 29.0 Å². The monoisotopic (exact) mass is 248 g/mol. The van der Waals surface area contributed by atoms with Crippen LogP contribution in [0.2, 0.25) is 5.02 Å². The van der Waals surface area contributed by atoms with Crippen LogP contribution in [-0.4, -0.2) is 28.4 Å². The summed E-state index contributed by atoms with van der Waals surface area (Å²) in [5, 5.41) is 17.9. The van der Waals surface area contributed by atoms with Crippen LogP contribution in [0.3, 0.4) is 0 Å². The zero-order valence-electron chi connectivity index (χ0n) is 8.41. The van der Waals surface area contributed by atoms with Crippen molar-refractivity contribution in [1.82, 2.24) is 0 Å². The molecule has 0 aliphatic carbocycles. The average Bonchev–Trinajstić information content (AvgIpc) is 2.20. The van der Waals surface area contributed by atoms with Gasteiger partial charge < -0.3 is 14.9 Å². The van der Waals surface area contributed by atoms with Gasteiger partial charge in [-0.3, -0.25) is 0 Å². The van der Waals surface area contributed by atoms with E-state index in [9.17, 15) is 14.3 Å². The van der Waals surface area contributed by atoms with Crippen LogP contribution in [0.15, 0.2) is 18.2 Å². The lowest BCUT2D eigenvalue weighted by atomic mass is 10.1. The Morgan fingerprint density at radius 2 is 2.25 bits per heavy atom. The van der Waals surface area contributed by atoms with Gasteiger partial charge >= 0.3 is 5.97 Å². The lowest BCUT2D eigenvalue weighted by Crippen LogP contribution is -2.41. The first kappa shape index (κ1) is 12.7. The van der Waals surface area contributed by atoms with Crippen LogP contribution >= 0.6 is 11.6 Å². The maximum atomic E-state index is 13.0. The van der Waals surface area contributed by atoms with E-state index in [2.05, 4.69) is 0 Å². The van der Waals surface area contributed by atoms with Gasteiger partial charge in [-0.05, 0) is 19.1 Å². The molecule has 0 spiro atoms. The molecule has 1 unspecified atom stereocenters. The highest BCUT2D eigenvalue weighted by Crippen LogP contribution is 2.21. The van der Waals surface area contributed by atoms with Gasteiger partial charge in [0.25, 0.3) is 0 Å². The fraction of sp³-hybridized carbons (Fsp3) is 0.300. The molecule has 0 radical (unpaired) electrons. The number of rotatable bonds is 4. The third-order valence-electron chi connectivity index (χ3n) is 1.87. The Morgan fingerprint density at radius 1 is 1.62 bits per heavy atom. The molecule has 2 N–H and O–H groups in total. The number of hydrogen-bond donors (Lipinski definition) is 2. The highest BCUT2D eigenvalue weighted by Gasteiger charge is 2.30. The van der Waals surface area contributed by atoms with E-state index in [0.29, 0.717) is 0 Å². The van der Waals surface area contributed by atoms with Crippen molar-refractivity contribution < 1.29 is 24.1 Å². The summed E-state index contributed by atoms with van der Waals surface area (Å²) in [4.78, 5) is 10.5. The number of hydrogen-bond acceptors (Lipinski definition) is 3. The Kier molecular flexibility index (Phi) is 3.72. The molecule has 0 bridgehead atoms. The molecule has 1 aromatic rings. The van der Waals surface area contributed by atoms with E-state index < -0.39 is 24.0 Å². The molecule has 0 saturated heterocycles. The Labute approximate surface area is 96.2 Å². The van der Waals surface area contributed by atoms with Gasteiger partial charge in [-0.15, -0.1) is 0 Å². The Balaban J connectivity index is 2.68. The third kappa shape index (κ3) is 3.08. The number of ether oxygens (including phenoxy) is 1. The molecule has 1 aromatic carbocycles. The van der Waals surface area contributed by atoms with Gasteiger partial charge in [0.15, 0.2) is 5.60 Å². The predicted octanol–water partition coefficient (Wildman–Crippen LogP) is 1.69. The second-order valence-electron chi connectivity index (χ2n) is 3.44. The summed E-state index contributed by atoms with van der Waals surface area (Å²) in [7, 11) is 0. The van der Waals surface area contributed by atoms with Gasteiger partial charge in [-0.1, -0.05) is 11.6 Å². The molecule has 4 nitrogen and oxygen atoms in total.